The van der Waals surface area contributed by atoms with E-state index < -0.39 is 11.3 Å². The van der Waals surface area contributed by atoms with Crippen LogP contribution in [0.15, 0.2) is 18.2 Å². The van der Waals surface area contributed by atoms with Crippen molar-refractivity contribution in [2.45, 2.75) is 25.3 Å². The van der Waals surface area contributed by atoms with Crippen molar-refractivity contribution in [1.82, 2.24) is 0 Å². The van der Waals surface area contributed by atoms with E-state index in [4.69, 9.17) is 5.11 Å². The summed E-state index contributed by atoms with van der Waals surface area (Å²) in [5, 5.41) is 19.6. The fourth-order valence-electron chi connectivity index (χ4n) is 2.09. The molecule has 2 rings (SSSR count). The van der Waals surface area contributed by atoms with Crippen LogP contribution in [0.2, 0.25) is 0 Å². The maximum absolute atomic E-state index is 13.0. The molecule has 1 aromatic carbocycles. The van der Waals surface area contributed by atoms with Gasteiger partial charge < -0.3 is 10.0 Å². The van der Waals surface area contributed by atoms with Gasteiger partial charge in [-0.3, -0.25) is 10.1 Å². The monoisotopic (exact) mass is 272 g/mol. The van der Waals surface area contributed by atoms with E-state index in [0.717, 1.165) is 18.9 Å². The number of hydrogen-bond donors (Lipinski definition) is 1. The Labute approximate surface area is 108 Å². The summed E-state index contributed by atoms with van der Waals surface area (Å²) in [6.45, 7) is 0.109. The lowest BCUT2D eigenvalue weighted by Gasteiger charge is -2.26. The maximum Gasteiger partial charge on any atom is 0.270 e. The quantitative estimate of drug-likeness (QED) is 0.638. The lowest BCUT2D eigenvalue weighted by molar-refractivity contribution is -0.385. The molecule has 0 bridgehead atoms. The molecule has 0 radical (unpaired) electrons. The summed E-state index contributed by atoms with van der Waals surface area (Å²) in [4.78, 5) is 11.6. The second-order valence-corrected chi connectivity index (χ2v) is 4.45. The van der Waals surface area contributed by atoms with Gasteiger partial charge >= 0.3 is 0 Å². The molecule has 0 aliphatic heterocycles. The molecule has 19 heavy (non-hydrogen) atoms. The van der Waals surface area contributed by atoms with Gasteiger partial charge in [-0.25, -0.2) is 8.78 Å². The number of rotatable bonds is 6. The van der Waals surface area contributed by atoms with Gasteiger partial charge in [0.15, 0.2) is 0 Å². The Bertz CT molecular complexity index is 478. The van der Waals surface area contributed by atoms with Crippen molar-refractivity contribution in [1.29, 1.82) is 0 Å². The number of hydrogen-bond acceptors (Lipinski definition) is 4. The molecule has 0 amide bonds. The van der Waals surface area contributed by atoms with Gasteiger partial charge in [0.2, 0.25) is 0 Å². The van der Waals surface area contributed by atoms with Crippen molar-refractivity contribution in [3.63, 3.8) is 0 Å². The fourth-order valence-corrected chi connectivity index (χ4v) is 2.09. The Balaban J connectivity index is 2.39. The third-order valence-corrected chi connectivity index (χ3v) is 3.10. The number of nitro benzene ring substituents is 1. The second kappa shape index (κ2) is 5.48. The zero-order chi connectivity index (χ0) is 14.0. The number of aliphatic hydroxyl groups is 1. The summed E-state index contributed by atoms with van der Waals surface area (Å²) in [5.74, 6) is 0. The molecular formula is C12H14F2N2O3. The average molecular weight is 272 g/mol. The van der Waals surface area contributed by atoms with Crippen LogP contribution in [-0.2, 0) is 0 Å². The van der Waals surface area contributed by atoms with E-state index in [0.29, 0.717) is 0 Å². The van der Waals surface area contributed by atoms with Crippen molar-refractivity contribution < 1.29 is 18.8 Å². The summed E-state index contributed by atoms with van der Waals surface area (Å²) in [7, 11) is 0. The van der Waals surface area contributed by atoms with Crippen LogP contribution in [0.25, 0.3) is 0 Å². The predicted octanol–water partition coefficient (Wildman–Crippen LogP) is 2.49. The first kappa shape index (κ1) is 13.7. The van der Waals surface area contributed by atoms with Crippen LogP contribution in [0.1, 0.15) is 24.8 Å². The van der Waals surface area contributed by atoms with Crippen molar-refractivity contribution in [2.24, 2.45) is 0 Å². The molecule has 7 heteroatoms. The third-order valence-electron chi connectivity index (χ3n) is 3.10. The summed E-state index contributed by atoms with van der Waals surface area (Å²) >= 11 is 0. The Morgan fingerprint density at radius 3 is 2.63 bits per heavy atom. The lowest BCUT2D eigenvalue weighted by atomic mass is 10.1. The summed E-state index contributed by atoms with van der Waals surface area (Å²) in [6.07, 6.45) is -1.01. The van der Waals surface area contributed by atoms with E-state index >= 15 is 0 Å². The second-order valence-electron chi connectivity index (χ2n) is 4.45. The Morgan fingerprint density at radius 1 is 1.47 bits per heavy atom. The first-order valence-corrected chi connectivity index (χ1v) is 5.98. The predicted molar refractivity (Wildman–Crippen MR) is 65.5 cm³/mol. The van der Waals surface area contributed by atoms with E-state index in [-0.39, 0.29) is 36.1 Å². The van der Waals surface area contributed by atoms with Gasteiger partial charge in [0.1, 0.15) is 0 Å². The Kier molecular flexibility index (Phi) is 3.94. The molecule has 0 aromatic heterocycles. The van der Waals surface area contributed by atoms with Crippen molar-refractivity contribution >= 4 is 11.4 Å². The Hall–Kier alpha value is -1.76. The highest BCUT2D eigenvalue weighted by Crippen LogP contribution is 2.38. The first-order valence-electron chi connectivity index (χ1n) is 5.98. The first-order chi connectivity index (χ1) is 9.04. The van der Waals surface area contributed by atoms with Crippen molar-refractivity contribution in [3.8, 4) is 0 Å². The average Bonchev–Trinajstić information content (AvgIpc) is 3.19. The zero-order valence-corrected chi connectivity index (χ0v) is 10.1. The summed E-state index contributed by atoms with van der Waals surface area (Å²) < 4.78 is 26.1. The van der Waals surface area contributed by atoms with Crippen molar-refractivity contribution in [3.05, 3.63) is 33.9 Å². The molecule has 0 unspecified atom stereocenters. The number of halogens is 2. The minimum absolute atomic E-state index is 0.143. The van der Waals surface area contributed by atoms with Gasteiger partial charge in [-0.05, 0) is 18.9 Å². The molecule has 0 spiro atoms. The highest BCUT2D eigenvalue weighted by molar-refractivity contribution is 5.59. The minimum Gasteiger partial charge on any atom is -0.395 e. The number of alkyl halides is 2. The molecule has 0 heterocycles. The zero-order valence-electron chi connectivity index (χ0n) is 10.1. The number of benzene rings is 1. The standard InChI is InChI=1S/C12H14F2N2O3/c13-12(14)10-7-9(16(18)19)3-4-11(10)15(5-6-17)8-1-2-8/h3-4,7-8,12,17H,1-2,5-6H2. The van der Waals surface area contributed by atoms with Crippen LogP contribution in [0, 0.1) is 10.1 Å². The smallest absolute Gasteiger partial charge is 0.270 e. The van der Waals surface area contributed by atoms with E-state index in [1.807, 2.05) is 0 Å². The molecule has 5 nitrogen and oxygen atoms in total. The highest BCUT2D eigenvalue weighted by Gasteiger charge is 2.32. The number of non-ortho nitro benzene ring substituents is 1. The van der Waals surface area contributed by atoms with Gasteiger partial charge in [0.05, 0.1) is 11.5 Å². The van der Waals surface area contributed by atoms with Crippen molar-refractivity contribution in [2.75, 3.05) is 18.1 Å². The molecule has 0 atom stereocenters. The normalized spacial score (nSPS) is 14.7. The van der Waals surface area contributed by atoms with Crippen LogP contribution in [0.3, 0.4) is 0 Å². The number of anilines is 1. The van der Waals surface area contributed by atoms with Crippen LogP contribution in [0.5, 0.6) is 0 Å². The van der Waals surface area contributed by atoms with Crippen LogP contribution in [-0.4, -0.2) is 29.2 Å². The molecule has 1 aromatic rings. The topological polar surface area (TPSA) is 66.6 Å². The number of aliphatic hydroxyl groups excluding tert-OH is 1. The number of nitro groups is 1. The highest BCUT2D eigenvalue weighted by atomic mass is 19.3. The van der Waals surface area contributed by atoms with Gasteiger partial charge in [0, 0.05) is 36.0 Å². The van der Waals surface area contributed by atoms with E-state index in [1.54, 1.807) is 4.90 Å². The molecule has 1 N–H and O–H groups in total. The minimum atomic E-state index is -2.78. The van der Waals surface area contributed by atoms with Gasteiger partial charge in [-0.1, -0.05) is 0 Å². The molecule has 0 saturated heterocycles. The molecule has 1 aliphatic carbocycles. The van der Waals surface area contributed by atoms with Crippen LogP contribution < -0.4 is 4.90 Å². The lowest BCUT2D eigenvalue weighted by Crippen LogP contribution is -2.29. The maximum atomic E-state index is 13.0. The summed E-state index contributed by atoms with van der Waals surface area (Å²) in [5.41, 5.74) is -0.425. The number of nitrogens with zero attached hydrogens (tertiary/aromatic N) is 2. The van der Waals surface area contributed by atoms with Crippen LogP contribution >= 0.6 is 0 Å². The van der Waals surface area contributed by atoms with Gasteiger partial charge in [-0.2, -0.15) is 0 Å². The molecule has 1 aliphatic rings. The van der Waals surface area contributed by atoms with Gasteiger partial charge in [0.25, 0.3) is 12.1 Å². The Morgan fingerprint density at radius 2 is 2.16 bits per heavy atom. The van der Waals surface area contributed by atoms with Crippen LogP contribution in [0.4, 0.5) is 20.2 Å². The van der Waals surface area contributed by atoms with E-state index in [9.17, 15) is 18.9 Å². The molecule has 104 valence electrons. The third kappa shape index (κ3) is 2.98. The molecule has 1 fully saturated rings. The SMILES string of the molecule is O=[N+]([O-])c1ccc(N(CCO)C2CC2)c(C(F)F)c1. The van der Waals surface area contributed by atoms with Gasteiger partial charge in [-0.15, -0.1) is 0 Å². The summed E-state index contributed by atoms with van der Waals surface area (Å²) in [6, 6.07) is 3.61. The fraction of sp³-hybridized carbons (Fsp3) is 0.500. The van der Waals surface area contributed by atoms with E-state index in [1.165, 1.54) is 12.1 Å². The van der Waals surface area contributed by atoms with E-state index in [2.05, 4.69) is 0 Å². The largest absolute Gasteiger partial charge is 0.395 e. The molecule has 1 saturated carbocycles. The molecular weight excluding hydrogens is 258 g/mol.